The number of nitro benzene ring substituents is 1. The highest BCUT2D eigenvalue weighted by Crippen LogP contribution is 2.52. The van der Waals surface area contributed by atoms with Crippen LogP contribution in [0.5, 0.6) is 5.75 Å². The summed E-state index contributed by atoms with van der Waals surface area (Å²) in [6.07, 6.45) is 3.84. The monoisotopic (exact) mass is 516 g/mol. The predicted octanol–water partition coefficient (Wildman–Crippen LogP) is 5.66. The van der Waals surface area contributed by atoms with Crippen molar-refractivity contribution in [3.8, 4) is 5.75 Å². The Morgan fingerprint density at radius 2 is 1.92 bits per heavy atom. The van der Waals surface area contributed by atoms with Crippen molar-refractivity contribution in [2.24, 2.45) is 23.7 Å². The highest BCUT2D eigenvalue weighted by atomic mass is 16.6. The van der Waals surface area contributed by atoms with Crippen molar-refractivity contribution in [1.82, 2.24) is 0 Å². The summed E-state index contributed by atoms with van der Waals surface area (Å²) in [5.74, 6) is -1.35. The van der Waals surface area contributed by atoms with Gasteiger partial charge in [0.25, 0.3) is 5.69 Å². The molecule has 1 N–H and O–H groups in total. The van der Waals surface area contributed by atoms with Gasteiger partial charge in [-0.1, -0.05) is 55.3 Å². The average Bonchev–Trinajstić information content (AvgIpc) is 3.42. The molecule has 2 fully saturated rings. The first-order valence-electron chi connectivity index (χ1n) is 13.1. The van der Waals surface area contributed by atoms with Crippen molar-refractivity contribution in [2.45, 2.75) is 46.1 Å². The van der Waals surface area contributed by atoms with Gasteiger partial charge in [0.2, 0.25) is 11.8 Å². The van der Waals surface area contributed by atoms with E-state index in [1.165, 1.54) is 23.8 Å². The second kappa shape index (κ2) is 10.2. The van der Waals surface area contributed by atoms with Gasteiger partial charge in [0.1, 0.15) is 5.75 Å². The Hall–Kier alpha value is -3.78. The Kier molecular flexibility index (Phi) is 6.92. The van der Waals surface area contributed by atoms with E-state index in [1.54, 1.807) is 18.2 Å². The molecule has 4 atom stereocenters. The minimum atomic E-state index is -0.526. The Balaban J connectivity index is 1.40. The van der Waals surface area contributed by atoms with Crippen LogP contribution < -0.4 is 4.90 Å². The molecule has 0 unspecified atom stereocenters. The Morgan fingerprint density at radius 1 is 1.16 bits per heavy atom. The van der Waals surface area contributed by atoms with Crippen LogP contribution in [0.3, 0.4) is 0 Å². The number of carbonyl (C=O) groups is 2. The van der Waals surface area contributed by atoms with Crippen molar-refractivity contribution in [3.63, 3.8) is 0 Å². The summed E-state index contributed by atoms with van der Waals surface area (Å²) in [7, 11) is 0. The number of para-hydroxylation sites is 1. The molecule has 2 aliphatic heterocycles. The van der Waals surface area contributed by atoms with Crippen LogP contribution in [0, 0.1) is 33.8 Å². The number of benzene rings is 2. The molecule has 0 saturated carbocycles. The molecule has 0 radical (unpaired) electrons. The summed E-state index contributed by atoms with van der Waals surface area (Å²) < 4.78 is 6.28. The Morgan fingerprint density at radius 3 is 2.63 bits per heavy atom. The van der Waals surface area contributed by atoms with Gasteiger partial charge in [-0.3, -0.25) is 19.7 Å². The number of fused-ring (bicyclic) bond motifs is 3. The van der Waals surface area contributed by atoms with Crippen LogP contribution in [0.25, 0.3) is 6.08 Å². The van der Waals surface area contributed by atoms with Gasteiger partial charge >= 0.3 is 0 Å². The number of allylic oxidation sites excluding steroid dienone is 2. The zero-order chi connectivity index (χ0) is 27.1. The first-order valence-corrected chi connectivity index (χ1v) is 13.1. The zero-order valence-electron chi connectivity index (χ0n) is 21.8. The molecular weight excluding hydrogens is 484 g/mol. The molecule has 0 aromatic heterocycles. The van der Waals surface area contributed by atoms with Gasteiger partial charge in [0.15, 0.2) is 0 Å². The van der Waals surface area contributed by atoms with Gasteiger partial charge in [-0.25, -0.2) is 4.90 Å². The highest BCUT2D eigenvalue weighted by molar-refractivity contribution is 6.22. The molecule has 8 nitrogen and oxygen atoms in total. The standard InChI is InChI=1S/C30H32N2O6/c1-17(2)22-15-23-28(30(35)31(29(23)34)20-8-6-9-21(14-20)32(36)37)24-16-38-26(27(22)24)12-11-18(3)13-19-7-4-5-10-25(19)33/h4-10,13-14,17,23-24,26,28,33H,11-12,15-16H2,1-3H3/b18-13+/t23-,24+,26-,28-/m1/s1. The average molecular weight is 517 g/mol. The van der Waals surface area contributed by atoms with E-state index in [0.717, 1.165) is 34.5 Å². The van der Waals surface area contributed by atoms with Crippen molar-refractivity contribution < 1.29 is 24.4 Å². The van der Waals surface area contributed by atoms with E-state index >= 15 is 0 Å². The highest BCUT2D eigenvalue weighted by Gasteiger charge is 2.57. The third-order valence-corrected chi connectivity index (χ3v) is 8.08. The van der Waals surface area contributed by atoms with Gasteiger partial charge in [-0.2, -0.15) is 0 Å². The molecule has 5 rings (SSSR count). The van der Waals surface area contributed by atoms with E-state index in [-0.39, 0.29) is 46.9 Å². The molecule has 2 saturated heterocycles. The summed E-state index contributed by atoms with van der Waals surface area (Å²) in [5, 5.41) is 21.4. The fraction of sp³-hybridized carbons (Fsp3) is 0.400. The number of phenols is 1. The van der Waals surface area contributed by atoms with E-state index in [9.17, 15) is 24.8 Å². The van der Waals surface area contributed by atoms with Crippen LogP contribution in [0.1, 0.15) is 45.6 Å². The van der Waals surface area contributed by atoms with Gasteiger partial charge in [0, 0.05) is 23.6 Å². The summed E-state index contributed by atoms with van der Waals surface area (Å²) in [4.78, 5) is 39.1. The molecule has 3 aliphatic rings. The fourth-order valence-corrected chi connectivity index (χ4v) is 6.26. The third kappa shape index (κ3) is 4.53. The van der Waals surface area contributed by atoms with E-state index in [0.29, 0.717) is 13.0 Å². The third-order valence-electron chi connectivity index (χ3n) is 8.08. The zero-order valence-corrected chi connectivity index (χ0v) is 21.8. The second-order valence-corrected chi connectivity index (χ2v) is 10.8. The maximum absolute atomic E-state index is 13.7. The number of aromatic hydroxyl groups is 1. The van der Waals surface area contributed by atoms with Crippen LogP contribution in [-0.2, 0) is 14.3 Å². The first kappa shape index (κ1) is 25.9. The lowest BCUT2D eigenvalue weighted by atomic mass is 9.67. The smallest absolute Gasteiger partial charge is 0.271 e. The van der Waals surface area contributed by atoms with Gasteiger partial charge < -0.3 is 9.84 Å². The molecule has 0 bridgehead atoms. The van der Waals surface area contributed by atoms with E-state index in [1.807, 2.05) is 25.1 Å². The topological polar surface area (TPSA) is 110 Å². The SMILES string of the molecule is C/C(=C\c1ccccc1O)CC[C@H]1OC[C@H]2C1=C(C(C)C)C[C@H]1C(=O)N(c3cccc([N+](=O)[O-])c3)C(=O)[C@H]12. The van der Waals surface area contributed by atoms with Crippen molar-refractivity contribution in [1.29, 1.82) is 0 Å². The molecule has 198 valence electrons. The molecule has 1 aliphatic carbocycles. The van der Waals surface area contributed by atoms with E-state index in [2.05, 4.69) is 13.8 Å². The van der Waals surface area contributed by atoms with Crippen molar-refractivity contribution in [3.05, 3.63) is 80.9 Å². The lowest BCUT2D eigenvalue weighted by Gasteiger charge is -2.33. The van der Waals surface area contributed by atoms with Crippen LogP contribution in [0.2, 0.25) is 0 Å². The summed E-state index contributed by atoms with van der Waals surface area (Å²) in [6.45, 7) is 6.63. The number of nitrogens with zero attached hydrogens (tertiary/aromatic N) is 2. The summed E-state index contributed by atoms with van der Waals surface area (Å²) >= 11 is 0. The number of anilines is 1. The van der Waals surface area contributed by atoms with Gasteiger partial charge in [-0.05, 0) is 49.8 Å². The van der Waals surface area contributed by atoms with Crippen molar-refractivity contribution >= 4 is 29.3 Å². The Labute approximate surface area is 221 Å². The lowest BCUT2D eigenvalue weighted by molar-refractivity contribution is -0.384. The van der Waals surface area contributed by atoms with Crippen LogP contribution in [0.15, 0.2) is 65.3 Å². The van der Waals surface area contributed by atoms with Crippen LogP contribution >= 0.6 is 0 Å². The molecule has 2 aromatic rings. The molecule has 2 amide bonds. The number of carbonyl (C=O) groups excluding carboxylic acids is 2. The predicted molar refractivity (Wildman–Crippen MR) is 143 cm³/mol. The van der Waals surface area contributed by atoms with E-state index in [4.69, 9.17) is 4.74 Å². The summed E-state index contributed by atoms with van der Waals surface area (Å²) in [5.41, 5.74) is 4.31. The number of hydrogen-bond acceptors (Lipinski definition) is 6. The van der Waals surface area contributed by atoms with Gasteiger partial charge in [0.05, 0.1) is 35.2 Å². The minimum absolute atomic E-state index is 0.138. The lowest BCUT2D eigenvalue weighted by Crippen LogP contribution is -2.35. The van der Waals surface area contributed by atoms with Crippen molar-refractivity contribution in [2.75, 3.05) is 11.5 Å². The van der Waals surface area contributed by atoms with Crippen LogP contribution in [0.4, 0.5) is 11.4 Å². The van der Waals surface area contributed by atoms with Crippen LogP contribution in [-0.4, -0.2) is 34.6 Å². The number of hydrogen-bond donors (Lipinski definition) is 1. The number of non-ortho nitro benzene ring substituents is 1. The number of amides is 2. The second-order valence-electron chi connectivity index (χ2n) is 10.8. The number of nitro groups is 1. The summed E-state index contributed by atoms with van der Waals surface area (Å²) in [6, 6.07) is 12.9. The maximum Gasteiger partial charge on any atom is 0.271 e. The maximum atomic E-state index is 13.7. The fourth-order valence-electron chi connectivity index (χ4n) is 6.26. The molecular formula is C30H32N2O6. The first-order chi connectivity index (χ1) is 18.2. The molecule has 2 aromatic carbocycles. The molecule has 0 spiro atoms. The normalized spacial score (nSPS) is 25.3. The number of ether oxygens (including phenoxy) is 1. The Bertz CT molecular complexity index is 1360. The molecule has 38 heavy (non-hydrogen) atoms. The largest absolute Gasteiger partial charge is 0.507 e. The van der Waals surface area contributed by atoms with Gasteiger partial charge in [-0.15, -0.1) is 0 Å². The van der Waals surface area contributed by atoms with E-state index < -0.39 is 16.8 Å². The quantitative estimate of drug-likeness (QED) is 0.220. The number of rotatable bonds is 7. The molecule has 8 heteroatoms. The minimum Gasteiger partial charge on any atom is -0.507 e. The molecule has 2 heterocycles. The number of phenolic OH excluding ortho intramolecular Hbond substituents is 1. The number of imide groups is 1.